The minimum Gasteiger partial charge on any atom is -0.492 e. The summed E-state index contributed by atoms with van der Waals surface area (Å²) in [4.78, 5) is 0. The molecular formula is C24H36N2O2S3. The van der Waals surface area contributed by atoms with Gasteiger partial charge in [-0.25, -0.2) is 0 Å². The highest BCUT2D eigenvalue weighted by atomic mass is 33.5. The maximum atomic E-state index is 5.73. The first-order valence-electron chi connectivity index (χ1n) is 10.7. The molecule has 0 bridgehead atoms. The van der Waals surface area contributed by atoms with E-state index in [0.29, 0.717) is 13.2 Å². The van der Waals surface area contributed by atoms with E-state index in [0.717, 1.165) is 37.7 Å². The Hall–Kier alpha value is -0.990. The first-order valence-corrected chi connectivity index (χ1v) is 14.2. The zero-order valence-electron chi connectivity index (χ0n) is 19.1. The third-order valence-electron chi connectivity index (χ3n) is 4.20. The van der Waals surface area contributed by atoms with Crippen molar-refractivity contribution in [2.75, 3.05) is 39.4 Å². The Bertz CT molecular complexity index is 654. The monoisotopic (exact) mass is 480 g/mol. The molecule has 0 saturated heterocycles. The summed E-state index contributed by atoms with van der Waals surface area (Å²) >= 11 is 0. The molecule has 0 aliphatic carbocycles. The van der Waals surface area contributed by atoms with Crippen molar-refractivity contribution in [2.24, 2.45) is 0 Å². The van der Waals surface area contributed by atoms with Crippen LogP contribution >= 0.6 is 31.4 Å². The van der Waals surface area contributed by atoms with E-state index >= 15 is 0 Å². The van der Waals surface area contributed by atoms with E-state index < -0.39 is 0 Å². The van der Waals surface area contributed by atoms with Crippen molar-refractivity contribution < 1.29 is 9.47 Å². The normalized spacial score (nSPS) is 12.0. The molecule has 31 heavy (non-hydrogen) atoms. The Kier molecular flexibility index (Phi) is 12.0. The van der Waals surface area contributed by atoms with Gasteiger partial charge in [-0.3, -0.25) is 0 Å². The van der Waals surface area contributed by atoms with Crippen LogP contribution in [-0.2, 0) is 0 Å². The zero-order valence-corrected chi connectivity index (χ0v) is 21.5. The highest BCUT2D eigenvalue weighted by Crippen LogP contribution is 2.48. The Labute approximate surface area is 199 Å². The zero-order chi connectivity index (χ0) is 22.4. The predicted molar refractivity (Wildman–Crippen MR) is 141 cm³/mol. The third kappa shape index (κ3) is 12.6. The Balaban J connectivity index is 1.50. The summed E-state index contributed by atoms with van der Waals surface area (Å²) in [7, 11) is 5.73. The molecule has 4 nitrogen and oxygen atoms in total. The van der Waals surface area contributed by atoms with Crippen LogP contribution in [0.25, 0.3) is 0 Å². The number of hydrogen-bond acceptors (Lipinski definition) is 7. The molecule has 2 aromatic carbocycles. The van der Waals surface area contributed by atoms with Crippen LogP contribution in [0.15, 0.2) is 60.7 Å². The number of para-hydroxylation sites is 2. The van der Waals surface area contributed by atoms with Gasteiger partial charge in [-0.2, -0.15) is 0 Å². The van der Waals surface area contributed by atoms with Gasteiger partial charge in [0.05, 0.1) is 0 Å². The van der Waals surface area contributed by atoms with Crippen molar-refractivity contribution in [2.45, 2.75) is 37.2 Å². The minimum absolute atomic E-state index is 0.150. The van der Waals surface area contributed by atoms with E-state index in [2.05, 4.69) is 38.3 Å². The average molecular weight is 481 g/mol. The van der Waals surface area contributed by atoms with Crippen LogP contribution in [-0.4, -0.2) is 48.9 Å². The molecule has 2 rings (SSSR count). The Morgan fingerprint density at radius 3 is 1.42 bits per heavy atom. The number of ether oxygens (including phenoxy) is 2. The summed E-state index contributed by atoms with van der Waals surface area (Å²) in [6.07, 6.45) is 0. The topological polar surface area (TPSA) is 42.5 Å². The van der Waals surface area contributed by atoms with Gasteiger partial charge < -0.3 is 20.1 Å². The van der Waals surface area contributed by atoms with E-state index in [4.69, 9.17) is 9.47 Å². The first-order chi connectivity index (χ1) is 14.9. The van der Waals surface area contributed by atoms with Gasteiger partial charge in [-0.15, -0.1) is 0 Å². The van der Waals surface area contributed by atoms with Crippen molar-refractivity contribution in [3.63, 3.8) is 0 Å². The van der Waals surface area contributed by atoms with Crippen molar-refractivity contribution in [1.82, 2.24) is 10.6 Å². The molecule has 0 aliphatic heterocycles. The summed E-state index contributed by atoms with van der Waals surface area (Å²) in [5.74, 6) is 1.85. The van der Waals surface area contributed by atoms with Gasteiger partial charge >= 0.3 is 0 Å². The molecule has 0 aliphatic rings. The number of rotatable bonds is 16. The highest BCUT2D eigenvalue weighted by Gasteiger charge is 2.23. The Morgan fingerprint density at radius 1 is 0.645 bits per heavy atom. The van der Waals surface area contributed by atoms with Gasteiger partial charge in [0.2, 0.25) is 0 Å². The van der Waals surface area contributed by atoms with Crippen LogP contribution in [0.2, 0.25) is 0 Å². The lowest BCUT2D eigenvalue weighted by molar-refractivity contribution is 0.312. The predicted octanol–water partition coefficient (Wildman–Crippen LogP) is 5.91. The van der Waals surface area contributed by atoms with Crippen LogP contribution in [0, 0.1) is 0 Å². The van der Waals surface area contributed by atoms with E-state index in [1.165, 1.54) is 0 Å². The smallest absolute Gasteiger partial charge is 0.119 e. The fraction of sp³-hybridized carbons (Fsp3) is 0.500. The highest BCUT2D eigenvalue weighted by molar-refractivity contribution is 9.09. The van der Waals surface area contributed by atoms with Crippen molar-refractivity contribution in [1.29, 1.82) is 0 Å². The lowest BCUT2D eigenvalue weighted by Crippen LogP contribution is -2.35. The van der Waals surface area contributed by atoms with Gasteiger partial charge in [0, 0.05) is 35.7 Å². The second-order valence-corrected chi connectivity index (χ2v) is 13.7. The van der Waals surface area contributed by atoms with Gasteiger partial charge in [0.25, 0.3) is 0 Å². The fourth-order valence-corrected chi connectivity index (χ4v) is 8.46. The minimum atomic E-state index is 0.150. The summed E-state index contributed by atoms with van der Waals surface area (Å²) in [6, 6.07) is 19.9. The summed E-state index contributed by atoms with van der Waals surface area (Å²) < 4.78 is 11.8. The van der Waals surface area contributed by atoms with Crippen LogP contribution < -0.4 is 20.1 Å². The molecule has 0 spiro atoms. The molecule has 0 saturated carbocycles. The van der Waals surface area contributed by atoms with Crippen molar-refractivity contribution in [3.05, 3.63) is 60.7 Å². The first kappa shape index (κ1) is 26.3. The molecule has 0 aromatic heterocycles. The third-order valence-corrected chi connectivity index (χ3v) is 9.87. The SMILES string of the molecule is CC(C)(CNCCOc1ccccc1)SSSC(C)(C)CNCCOc1ccccc1. The van der Waals surface area contributed by atoms with E-state index in [-0.39, 0.29) is 9.49 Å². The summed E-state index contributed by atoms with van der Waals surface area (Å²) in [6.45, 7) is 14.1. The quantitative estimate of drug-likeness (QED) is 0.229. The van der Waals surface area contributed by atoms with Gasteiger partial charge in [-0.05, 0) is 61.8 Å². The number of hydrogen-bond donors (Lipinski definition) is 2. The lowest BCUT2D eigenvalue weighted by atomic mass is 10.2. The average Bonchev–Trinajstić information content (AvgIpc) is 2.74. The molecule has 7 heteroatoms. The van der Waals surface area contributed by atoms with Crippen LogP contribution in [0.5, 0.6) is 11.5 Å². The summed E-state index contributed by atoms with van der Waals surface area (Å²) in [5.41, 5.74) is 0. The van der Waals surface area contributed by atoms with Crippen molar-refractivity contribution >= 4 is 31.4 Å². The molecule has 0 unspecified atom stereocenters. The fourth-order valence-electron chi connectivity index (χ4n) is 2.55. The van der Waals surface area contributed by atoms with E-state index in [1.54, 1.807) is 0 Å². The van der Waals surface area contributed by atoms with Crippen molar-refractivity contribution in [3.8, 4) is 11.5 Å². The van der Waals surface area contributed by atoms with Crippen LogP contribution in [0.4, 0.5) is 0 Å². The second-order valence-electron chi connectivity index (χ2n) is 8.43. The molecule has 0 fully saturated rings. The Morgan fingerprint density at radius 2 is 1.03 bits per heavy atom. The molecule has 0 heterocycles. The van der Waals surface area contributed by atoms with Crippen LogP contribution in [0.1, 0.15) is 27.7 Å². The molecular weight excluding hydrogens is 444 g/mol. The maximum Gasteiger partial charge on any atom is 0.119 e. The van der Waals surface area contributed by atoms with E-state index in [1.807, 2.05) is 92.1 Å². The summed E-state index contributed by atoms with van der Waals surface area (Å²) in [5, 5.41) is 7.02. The number of nitrogens with one attached hydrogen (secondary N) is 2. The molecule has 0 radical (unpaired) electrons. The lowest BCUT2D eigenvalue weighted by Gasteiger charge is -2.27. The van der Waals surface area contributed by atoms with Gasteiger partial charge in [-0.1, -0.05) is 58.0 Å². The molecule has 2 N–H and O–H groups in total. The molecule has 2 aromatic rings. The van der Waals surface area contributed by atoms with E-state index in [9.17, 15) is 0 Å². The van der Waals surface area contributed by atoms with Gasteiger partial charge in [0.1, 0.15) is 24.7 Å². The second kappa shape index (κ2) is 14.2. The molecule has 0 atom stereocenters. The molecule has 0 amide bonds. The number of benzene rings is 2. The van der Waals surface area contributed by atoms with Crippen LogP contribution in [0.3, 0.4) is 0 Å². The molecule has 172 valence electrons. The standard InChI is InChI=1S/C24H36N2O2S3/c1-23(2,19-25-15-17-27-21-11-7-5-8-12-21)29-31-30-24(3,4)20-26-16-18-28-22-13-9-6-10-14-22/h5-14,25-26H,15-20H2,1-4H3. The maximum absolute atomic E-state index is 5.73. The largest absolute Gasteiger partial charge is 0.492 e. The van der Waals surface area contributed by atoms with Gasteiger partial charge in [0.15, 0.2) is 0 Å².